The molecule has 0 amide bonds. The van der Waals surface area contributed by atoms with Gasteiger partial charge >= 0.3 is 0 Å². The van der Waals surface area contributed by atoms with Crippen LogP contribution in [0.2, 0.25) is 10.0 Å². The van der Waals surface area contributed by atoms with E-state index in [0.717, 1.165) is 44.0 Å². The molecule has 0 atom stereocenters. The van der Waals surface area contributed by atoms with Crippen molar-refractivity contribution in [3.05, 3.63) is 40.3 Å². The Morgan fingerprint density at radius 2 is 1.95 bits per heavy atom. The number of halogens is 2. The van der Waals surface area contributed by atoms with E-state index in [2.05, 4.69) is 10.3 Å². The van der Waals surface area contributed by atoms with E-state index in [9.17, 15) is 0 Å². The maximum atomic E-state index is 5.99. The van der Waals surface area contributed by atoms with Crippen LogP contribution < -0.4 is 5.32 Å². The second kappa shape index (κ2) is 8.39. The lowest BCUT2D eigenvalue weighted by molar-refractivity contribution is 0.199. The van der Waals surface area contributed by atoms with Crippen molar-refractivity contribution < 1.29 is 9.15 Å². The number of ether oxygens (including phenoxy) is 1. The number of hydrogen-bond donors (Lipinski definition) is 1. The minimum absolute atomic E-state index is 0.581. The van der Waals surface area contributed by atoms with Crippen molar-refractivity contribution in [1.82, 2.24) is 10.3 Å². The number of nitrogens with one attached hydrogen (secondary N) is 1. The Morgan fingerprint density at radius 3 is 2.67 bits per heavy atom. The third kappa shape index (κ3) is 5.32. The zero-order valence-electron chi connectivity index (χ0n) is 11.9. The van der Waals surface area contributed by atoms with Gasteiger partial charge in [-0.15, -0.1) is 0 Å². The van der Waals surface area contributed by atoms with E-state index >= 15 is 0 Å². The molecule has 1 aromatic carbocycles. The normalized spacial score (nSPS) is 11.0. The molecule has 6 heteroatoms. The van der Waals surface area contributed by atoms with E-state index < -0.39 is 0 Å². The highest BCUT2D eigenvalue weighted by molar-refractivity contribution is 6.35. The lowest BCUT2D eigenvalue weighted by Crippen LogP contribution is -2.20. The highest BCUT2D eigenvalue weighted by Crippen LogP contribution is 2.27. The van der Waals surface area contributed by atoms with Crippen molar-refractivity contribution in [3.63, 3.8) is 0 Å². The predicted molar refractivity (Wildman–Crippen MR) is 85.0 cm³/mol. The molecule has 0 aliphatic heterocycles. The number of methoxy groups -OCH3 is 1. The molecule has 0 saturated carbocycles. The van der Waals surface area contributed by atoms with Gasteiger partial charge in [-0.1, -0.05) is 23.2 Å². The van der Waals surface area contributed by atoms with Crippen molar-refractivity contribution >= 4 is 23.2 Å². The summed E-state index contributed by atoms with van der Waals surface area (Å²) in [7, 11) is 1.69. The van der Waals surface area contributed by atoms with Crippen molar-refractivity contribution in [2.45, 2.75) is 12.8 Å². The van der Waals surface area contributed by atoms with Gasteiger partial charge in [-0.25, -0.2) is 4.98 Å². The third-order valence-electron chi connectivity index (χ3n) is 2.93. The first kappa shape index (κ1) is 16.3. The van der Waals surface area contributed by atoms with Gasteiger partial charge in [0, 0.05) is 35.7 Å². The van der Waals surface area contributed by atoms with Gasteiger partial charge in [0.15, 0.2) is 11.7 Å². The smallest absolute Gasteiger partial charge is 0.194 e. The molecule has 0 saturated heterocycles. The lowest BCUT2D eigenvalue weighted by Gasteiger charge is -2.02. The lowest BCUT2D eigenvalue weighted by atomic mass is 10.2. The SMILES string of the molecule is COCCNCCCc1ncc(-c2cc(Cl)cc(Cl)c2)o1. The number of oxazole rings is 1. The maximum Gasteiger partial charge on any atom is 0.194 e. The first-order chi connectivity index (χ1) is 10.2. The molecular weight excluding hydrogens is 311 g/mol. The molecule has 0 spiro atoms. The predicted octanol–water partition coefficient (Wildman–Crippen LogP) is 3.82. The Morgan fingerprint density at radius 1 is 1.19 bits per heavy atom. The van der Waals surface area contributed by atoms with Crippen LogP contribution in [0.25, 0.3) is 11.3 Å². The number of benzene rings is 1. The summed E-state index contributed by atoms with van der Waals surface area (Å²) in [5.74, 6) is 1.40. The number of nitrogens with zero attached hydrogens (tertiary/aromatic N) is 1. The second-order valence-corrected chi connectivity index (χ2v) is 5.50. The molecule has 0 aliphatic carbocycles. The minimum Gasteiger partial charge on any atom is -0.441 e. The molecule has 1 N–H and O–H groups in total. The fraction of sp³-hybridized carbons (Fsp3) is 0.400. The molecule has 2 aromatic rings. The molecule has 21 heavy (non-hydrogen) atoms. The summed E-state index contributed by atoms with van der Waals surface area (Å²) in [6, 6.07) is 5.31. The van der Waals surface area contributed by atoms with Crippen LogP contribution in [-0.2, 0) is 11.2 Å². The highest BCUT2D eigenvalue weighted by atomic mass is 35.5. The summed E-state index contributed by atoms with van der Waals surface area (Å²) in [4.78, 5) is 4.28. The van der Waals surface area contributed by atoms with Gasteiger partial charge in [-0.3, -0.25) is 0 Å². The number of aromatic nitrogens is 1. The van der Waals surface area contributed by atoms with Crippen molar-refractivity contribution in [2.75, 3.05) is 26.8 Å². The number of aryl methyl sites for hydroxylation is 1. The summed E-state index contributed by atoms with van der Waals surface area (Å²) in [6.45, 7) is 2.48. The monoisotopic (exact) mass is 328 g/mol. The first-order valence-electron chi connectivity index (χ1n) is 6.80. The summed E-state index contributed by atoms with van der Waals surface area (Å²) in [5.41, 5.74) is 0.837. The molecule has 0 radical (unpaired) electrons. The Labute approximate surface area is 134 Å². The Balaban J connectivity index is 1.86. The van der Waals surface area contributed by atoms with Gasteiger partial charge < -0.3 is 14.5 Å². The van der Waals surface area contributed by atoms with Crippen molar-refractivity contribution in [1.29, 1.82) is 0 Å². The van der Waals surface area contributed by atoms with E-state index in [-0.39, 0.29) is 0 Å². The van der Waals surface area contributed by atoms with Crippen LogP contribution >= 0.6 is 23.2 Å². The average molecular weight is 329 g/mol. The highest BCUT2D eigenvalue weighted by Gasteiger charge is 2.08. The van der Waals surface area contributed by atoms with Crippen LogP contribution in [0.15, 0.2) is 28.8 Å². The van der Waals surface area contributed by atoms with Crippen LogP contribution in [-0.4, -0.2) is 31.8 Å². The third-order valence-corrected chi connectivity index (χ3v) is 3.36. The number of rotatable bonds is 8. The summed E-state index contributed by atoms with van der Waals surface area (Å²) >= 11 is 12.0. The summed E-state index contributed by atoms with van der Waals surface area (Å²) in [6.07, 6.45) is 3.45. The Hall–Kier alpha value is -1.07. The average Bonchev–Trinajstić information content (AvgIpc) is 2.90. The molecule has 4 nitrogen and oxygen atoms in total. The summed E-state index contributed by atoms with van der Waals surface area (Å²) in [5, 5.41) is 4.44. The first-order valence-corrected chi connectivity index (χ1v) is 7.55. The molecular formula is C15H18Cl2N2O2. The molecule has 0 unspecified atom stereocenters. The molecule has 1 heterocycles. The zero-order chi connectivity index (χ0) is 15.1. The van der Waals surface area contributed by atoms with Gasteiger partial charge in [-0.2, -0.15) is 0 Å². The minimum atomic E-state index is 0.581. The van der Waals surface area contributed by atoms with Crippen LogP contribution in [0, 0.1) is 0 Å². The Bertz CT molecular complexity index is 552. The molecule has 0 aliphatic rings. The van der Waals surface area contributed by atoms with Crippen LogP contribution in [0.1, 0.15) is 12.3 Å². The fourth-order valence-electron chi connectivity index (χ4n) is 1.92. The standard InChI is InChI=1S/C15H18Cl2N2O2/c1-20-6-5-18-4-2-3-15-19-10-14(21-15)11-7-12(16)9-13(17)8-11/h7-10,18H,2-6H2,1H3. The molecule has 2 rings (SSSR count). The van der Waals surface area contributed by atoms with Crippen molar-refractivity contribution in [2.24, 2.45) is 0 Å². The van der Waals surface area contributed by atoms with Crippen LogP contribution in [0.4, 0.5) is 0 Å². The largest absolute Gasteiger partial charge is 0.441 e. The Kier molecular flexibility index (Phi) is 6.51. The van der Waals surface area contributed by atoms with Gasteiger partial charge in [0.2, 0.25) is 0 Å². The molecule has 114 valence electrons. The van der Waals surface area contributed by atoms with Crippen molar-refractivity contribution in [3.8, 4) is 11.3 Å². The quantitative estimate of drug-likeness (QED) is 0.748. The maximum absolute atomic E-state index is 5.99. The molecule has 1 aromatic heterocycles. The van der Waals surface area contributed by atoms with E-state index in [4.69, 9.17) is 32.4 Å². The van der Waals surface area contributed by atoms with E-state index in [1.54, 1.807) is 19.4 Å². The van der Waals surface area contributed by atoms with Gasteiger partial charge in [-0.05, 0) is 31.2 Å². The van der Waals surface area contributed by atoms with Crippen LogP contribution in [0.5, 0.6) is 0 Å². The topological polar surface area (TPSA) is 47.3 Å². The second-order valence-electron chi connectivity index (χ2n) is 4.62. The van der Waals surface area contributed by atoms with E-state index in [0.29, 0.717) is 15.8 Å². The van der Waals surface area contributed by atoms with Gasteiger partial charge in [0.1, 0.15) is 0 Å². The van der Waals surface area contributed by atoms with Gasteiger partial charge in [0.25, 0.3) is 0 Å². The molecule has 0 bridgehead atoms. The van der Waals surface area contributed by atoms with Gasteiger partial charge in [0.05, 0.1) is 12.8 Å². The van der Waals surface area contributed by atoms with E-state index in [1.807, 2.05) is 12.1 Å². The number of hydrogen-bond acceptors (Lipinski definition) is 4. The van der Waals surface area contributed by atoms with Crippen LogP contribution in [0.3, 0.4) is 0 Å². The summed E-state index contributed by atoms with van der Waals surface area (Å²) < 4.78 is 10.7. The van der Waals surface area contributed by atoms with E-state index in [1.165, 1.54) is 0 Å². The zero-order valence-corrected chi connectivity index (χ0v) is 13.4. The fourth-order valence-corrected chi connectivity index (χ4v) is 2.45. The molecule has 0 fully saturated rings.